The van der Waals surface area contributed by atoms with Crippen LogP contribution in [0.5, 0.6) is 0 Å². The molecule has 1 fully saturated rings. The third kappa shape index (κ3) is 3.82. The van der Waals surface area contributed by atoms with Crippen molar-refractivity contribution in [3.8, 4) is 11.3 Å². The zero-order valence-corrected chi connectivity index (χ0v) is 15.8. The second-order valence-corrected chi connectivity index (χ2v) is 7.42. The van der Waals surface area contributed by atoms with Crippen LogP contribution in [0.1, 0.15) is 47.3 Å². The summed E-state index contributed by atoms with van der Waals surface area (Å²) < 4.78 is 2.26. The molecule has 4 rings (SSSR count). The maximum absolute atomic E-state index is 12.9. The lowest BCUT2D eigenvalue weighted by Gasteiger charge is -2.13. The van der Waals surface area contributed by atoms with E-state index in [1.165, 1.54) is 18.4 Å². The number of aromatic nitrogens is 1. The Bertz CT molecular complexity index is 906. The van der Waals surface area contributed by atoms with Crippen molar-refractivity contribution in [3.05, 3.63) is 83.6 Å². The molecule has 1 aromatic heterocycles. The Morgan fingerprint density at radius 3 is 2.30 bits per heavy atom. The van der Waals surface area contributed by atoms with Gasteiger partial charge in [0, 0.05) is 24.0 Å². The first kappa shape index (κ1) is 17.6. The lowest BCUT2D eigenvalue weighted by Crippen LogP contribution is -2.32. The first-order valence-corrected chi connectivity index (χ1v) is 9.83. The second kappa shape index (κ2) is 7.83. The molecule has 1 saturated carbocycles. The van der Waals surface area contributed by atoms with Crippen LogP contribution < -0.4 is 5.32 Å². The maximum atomic E-state index is 12.9. The smallest absolute Gasteiger partial charge is 0.253 e. The zero-order chi connectivity index (χ0) is 18.6. The number of nitrogens with zero attached hydrogens (tertiary/aromatic N) is 1. The first-order chi connectivity index (χ1) is 13.2. The largest absolute Gasteiger partial charge is 0.349 e. The zero-order valence-electron chi connectivity index (χ0n) is 15.8. The SMILES string of the molecule is Cc1c(C(=O)NC2CCCC2)cc(-c2ccccc2)n1Cc1ccccc1. The molecule has 3 aromatic rings. The fourth-order valence-electron chi connectivity index (χ4n) is 4.03. The Kier molecular flexibility index (Phi) is 5.10. The Morgan fingerprint density at radius 2 is 1.63 bits per heavy atom. The van der Waals surface area contributed by atoms with Crippen molar-refractivity contribution in [1.29, 1.82) is 0 Å². The van der Waals surface area contributed by atoms with E-state index >= 15 is 0 Å². The quantitative estimate of drug-likeness (QED) is 0.669. The number of hydrogen-bond acceptors (Lipinski definition) is 1. The molecule has 1 aliphatic rings. The lowest BCUT2D eigenvalue weighted by atomic mass is 10.1. The number of amides is 1. The molecule has 0 spiro atoms. The van der Waals surface area contributed by atoms with Gasteiger partial charge in [-0.1, -0.05) is 73.5 Å². The molecule has 1 N–H and O–H groups in total. The van der Waals surface area contributed by atoms with Gasteiger partial charge in [-0.15, -0.1) is 0 Å². The Hall–Kier alpha value is -2.81. The standard InChI is InChI=1S/C24H26N2O/c1-18-22(24(27)25-21-14-8-9-15-21)16-23(20-12-6-3-7-13-20)26(18)17-19-10-4-2-5-11-19/h2-7,10-13,16,21H,8-9,14-15,17H2,1H3,(H,25,27). The summed E-state index contributed by atoms with van der Waals surface area (Å²) >= 11 is 0. The molecule has 3 nitrogen and oxygen atoms in total. The summed E-state index contributed by atoms with van der Waals surface area (Å²) in [7, 11) is 0. The van der Waals surface area contributed by atoms with Gasteiger partial charge in [-0.2, -0.15) is 0 Å². The molecule has 2 aromatic carbocycles. The van der Waals surface area contributed by atoms with E-state index in [0.29, 0.717) is 6.04 Å². The maximum Gasteiger partial charge on any atom is 0.253 e. The minimum atomic E-state index is 0.0587. The summed E-state index contributed by atoms with van der Waals surface area (Å²) in [6.45, 7) is 2.81. The van der Waals surface area contributed by atoms with E-state index in [2.05, 4.69) is 59.3 Å². The van der Waals surface area contributed by atoms with Gasteiger partial charge in [0.15, 0.2) is 0 Å². The Labute approximate surface area is 161 Å². The average molecular weight is 358 g/mol. The van der Waals surface area contributed by atoms with E-state index in [1.54, 1.807) is 0 Å². The third-order valence-electron chi connectivity index (χ3n) is 5.55. The Balaban J connectivity index is 1.71. The van der Waals surface area contributed by atoms with Crippen LogP contribution in [0.4, 0.5) is 0 Å². The van der Waals surface area contributed by atoms with Crippen molar-refractivity contribution in [1.82, 2.24) is 9.88 Å². The molecule has 0 aliphatic heterocycles. The van der Waals surface area contributed by atoms with Crippen LogP contribution in [0.3, 0.4) is 0 Å². The molecule has 3 heteroatoms. The van der Waals surface area contributed by atoms with Gasteiger partial charge in [-0.3, -0.25) is 4.79 Å². The number of rotatable bonds is 5. The molecule has 0 atom stereocenters. The highest BCUT2D eigenvalue weighted by Crippen LogP contribution is 2.27. The van der Waals surface area contributed by atoms with Crippen LogP contribution >= 0.6 is 0 Å². The van der Waals surface area contributed by atoms with E-state index in [4.69, 9.17) is 0 Å². The van der Waals surface area contributed by atoms with Crippen molar-refractivity contribution in [3.63, 3.8) is 0 Å². The van der Waals surface area contributed by atoms with Gasteiger partial charge in [0.05, 0.1) is 5.56 Å². The van der Waals surface area contributed by atoms with Crippen LogP contribution in [0.15, 0.2) is 66.7 Å². The van der Waals surface area contributed by atoms with Gasteiger partial charge < -0.3 is 9.88 Å². The van der Waals surface area contributed by atoms with Gasteiger partial charge >= 0.3 is 0 Å². The number of carbonyl (C=O) groups excluding carboxylic acids is 1. The van der Waals surface area contributed by atoms with Crippen molar-refractivity contribution in [2.24, 2.45) is 0 Å². The van der Waals surface area contributed by atoms with Crippen LogP contribution in [-0.4, -0.2) is 16.5 Å². The fourth-order valence-corrected chi connectivity index (χ4v) is 4.03. The van der Waals surface area contributed by atoms with E-state index in [1.807, 2.05) is 24.3 Å². The minimum absolute atomic E-state index is 0.0587. The number of carbonyl (C=O) groups is 1. The molecule has 1 aliphatic carbocycles. The molecule has 1 amide bonds. The normalized spacial score (nSPS) is 14.4. The monoisotopic (exact) mass is 358 g/mol. The lowest BCUT2D eigenvalue weighted by molar-refractivity contribution is 0.0937. The molecule has 0 bridgehead atoms. The van der Waals surface area contributed by atoms with E-state index in [-0.39, 0.29) is 5.91 Å². The first-order valence-electron chi connectivity index (χ1n) is 9.83. The van der Waals surface area contributed by atoms with E-state index in [0.717, 1.165) is 41.9 Å². The molecule has 0 saturated heterocycles. The van der Waals surface area contributed by atoms with Crippen LogP contribution in [-0.2, 0) is 6.54 Å². The number of benzene rings is 2. The van der Waals surface area contributed by atoms with Crippen LogP contribution in [0, 0.1) is 6.92 Å². The number of nitrogens with one attached hydrogen (secondary N) is 1. The molecule has 0 unspecified atom stereocenters. The topological polar surface area (TPSA) is 34.0 Å². The molecule has 27 heavy (non-hydrogen) atoms. The van der Waals surface area contributed by atoms with Crippen molar-refractivity contribution >= 4 is 5.91 Å². The summed E-state index contributed by atoms with van der Waals surface area (Å²) in [6, 6.07) is 23.1. The van der Waals surface area contributed by atoms with Gasteiger partial charge in [-0.25, -0.2) is 0 Å². The van der Waals surface area contributed by atoms with Crippen molar-refractivity contribution < 1.29 is 4.79 Å². The fraction of sp³-hybridized carbons (Fsp3) is 0.292. The molecular formula is C24H26N2O. The van der Waals surface area contributed by atoms with Gasteiger partial charge in [0.1, 0.15) is 0 Å². The predicted octanol–water partition coefficient (Wildman–Crippen LogP) is 5.18. The summed E-state index contributed by atoms with van der Waals surface area (Å²) in [5.74, 6) is 0.0587. The summed E-state index contributed by atoms with van der Waals surface area (Å²) in [4.78, 5) is 12.9. The van der Waals surface area contributed by atoms with Gasteiger partial charge in [0.2, 0.25) is 0 Å². The van der Waals surface area contributed by atoms with Gasteiger partial charge in [0.25, 0.3) is 5.91 Å². The molecule has 138 valence electrons. The van der Waals surface area contributed by atoms with Crippen LogP contribution in [0.2, 0.25) is 0 Å². The minimum Gasteiger partial charge on any atom is -0.349 e. The van der Waals surface area contributed by atoms with E-state index in [9.17, 15) is 4.79 Å². The molecule has 0 radical (unpaired) electrons. The highest BCUT2D eigenvalue weighted by atomic mass is 16.1. The highest BCUT2D eigenvalue weighted by Gasteiger charge is 2.22. The van der Waals surface area contributed by atoms with Crippen molar-refractivity contribution in [2.75, 3.05) is 0 Å². The average Bonchev–Trinajstić information content (AvgIpc) is 3.32. The summed E-state index contributed by atoms with van der Waals surface area (Å²) in [5.41, 5.74) is 5.27. The molecular weight excluding hydrogens is 332 g/mol. The van der Waals surface area contributed by atoms with E-state index < -0.39 is 0 Å². The van der Waals surface area contributed by atoms with Crippen molar-refractivity contribution in [2.45, 2.75) is 45.2 Å². The third-order valence-corrected chi connectivity index (χ3v) is 5.55. The summed E-state index contributed by atoms with van der Waals surface area (Å²) in [6.07, 6.45) is 4.63. The van der Waals surface area contributed by atoms with Gasteiger partial charge in [-0.05, 0) is 37.0 Å². The second-order valence-electron chi connectivity index (χ2n) is 7.42. The highest BCUT2D eigenvalue weighted by molar-refractivity contribution is 5.97. The Morgan fingerprint density at radius 1 is 1.00 bits per heavy atom. The molecule has 1 heterocycles. The number of hydrogen-bond donors (Lipinski definition) is 1. The summed E-state index contributed by atoms with van der Waals surface area (Å²) in [5, 5.41) is 3.24. The predicted molar refractivity (Wildman–Crippen MR) is 110 cm³/mol. The van der Waals surface area contributed by atoms with Crippen LogP contribution in [0.25, 0.3) is 11.3 Å².